The van der Waals surface area contributed by atoms with Crippen molar-refractivity contribution in [3.05, 3.63) is 69.3 Å². The topological polar surface area (TPSA) is 76.2 Å². The Kier molecular flexibility index (Phi) is 4.74. The predicted octanol–water partition coefficient (Wildman–Crippen LogP) is 3.76. The SMILES string of the molecule is COc1ccc(C)cc1C(C#N)Cc1ccc([N+](=O)[O-])cc1. The summed E-state index contributed by atoms with van der Waals surface area (Å²) in [6.45, 7) is 1.96. The zero-order valence-corrected chi connectivity index (χ0v) is 12.4. The van der Waals surface area contributed by atoms with Crippen LogP contribution < -0.4 is 4.74 Å². The number of benzene rings is 2. The molecule has 2 aromatic rings. The molecule has 1 unspecified atom stereocenters. The van der Waals surface area contributed by atoms with Crippen molar-refractivity contribution in [2.75, 3.05) is 7.11 Å². The van der Waals surface area contributed by atoms with Gasteiger partial charge in [0.2, 0.25) is 0 Å². The number of nitriles is 1. The molecule has 2 aromatic carbocycles. The molecule has 0 aliphatic heterocycles. The number of aryl methyl sites for hydroxylation is 1. The van der Waals surface area contributed by atoms with Gasteiger partial charge in [-0.15, -0.1) is 0 Å². The van der Waals surface area contributed by atoms with E-state index in [1.54, 1.807) is 19.2 Å². The number of nitro benzene ring substituents is 1. The quantitative estimate of drug-likeness (QED) is 0.621. The molecule has 0 N–H and O–H groups in total. The summed E-state index contributed by atoms with van der Waals surface area (Å²) in [4.78, 5) is 10.2. The first-order chi connectivity index (χ1) is 10.5. The van der Waals surface area contributed by atoms with Crippen LogP contribution in [0.1, 0.15) is 22.6 Å². The molecule has 0 amide bonds. The van der Waals surface area contributed by atoms with Crippen molar-refractivity contribution in [2.45, 2.75) is 19.3 Å². The minimum Gasteiger partial charge on any atom is -0.496 e. The van der Waals surface area contributed by atoms with Crippen molar-refractivity contribution in [3.63, 3.8) is 0 Å². The molecular formula is C17H16N2O3. The molecule has 112 valence electrons. The fourth-order valence-electron chi connectivity index (χ4n) is 2.34. The summed E-state index contributed by atoms with van der Waals surface area (Å²) in [7, 11) is 1.58. The van der Waals surface area contributed by atoms with Gasteiger partial charge in [0.25, 0.3) is 5.69 Å². The molecule has 0 fully saturated rings. The van der Waals surface area contributed by atoms with E-state index < -0.39 is 4.92 Å². The van der Waals surface area contributed by atoms with Crippen LogP contribution >= 0.6 is 0 Å². The highest BCUT2D eigenvalue weighted by molar-refractivity contribution is 5.43. The van der Waals surface area contributed by atoms with Crippen LogP contribution in [0.2, 0.25) is 0 Å². The third-order valence-corrected chi connectivity index (χ3v) is 3.50. The average Bonchev–Trinajstić information content (AvgIpc) is 2.53. The summed E-state index contributed by atoms with van der Waals surface area (Å²) in [5, 5.41) is 20.2. The molecule has 0 bridgehead atoms. The van der Waals surface area contributed by atoms with Gasteiger partial charge in [-0.1, -0.05) is 29.8 Å². The minimum atomic E-state index is -0.435. The number of methoxy groups -OCH3 is 1. The summed E-state index contributed by atoms with van der Waals surface area (Å²) < 4.78 is 5.33. The number of ether oxygens (including phenoxy) is 1. The molecule has 22 heavy (non-hydrogen) atoms. The van der Waals surface area contributed by atoms with E-state index in [2.05, 4.69) is 6.07 Å². The maximum absolute atomic E-state index is 10.7. The van der Waals surface area contributed by atoms with Crippen molar-refractivity contribution >= 4 is 5.69 Å². The molecule has 5 heteroatoms. The fraction of sp³-hybridized carbons (Fsp3) is 0.235. The molecule has 0 saturated carbocycles. The monoisotopic (exact) mass is 296 g/mol. The van der Waals surface area contributed by atoms with Crippen molar-refractivity contribution < 1.29 is 9.66 Å². The second-order valence-corrected chi connectivity index (χ2v) is 5.05. The first kappa shape index (κ1) is 15.5. The highest BCUT2D eigenvalue weighted by Gasteiger charge is 2.17. The van der Waals surface area contributed by atoms with Crippen LogP contribution in [-0.4, -0.2) is 12.0 Å². The lowest BCUT2D eigenvalue weighted by Gasteiger charge is -2.14. The normalized spacial score (nSPS) is 11.5. The van der Waals surface area contributed by atoms with Crippen LogP contribution in [0.3, 0.4) is 0 Å². The lowest BCUT2D eigenvalue weighted by molar-refractivity contribution is -0.384. The van der Waals surface area contributed by atoms with Crippen LogP contribution in [0, 0.1) is 28.4 Å². The van der Waals surface area contributed by atoms with Gasteiger partial charge in [0, 0.05) is 17.7 Å². The van der Waals surface area contributed by atoms with Gasteiger partial charge in [-0.25, -0.2) is 0 Å². The van der Waals surface area contributed by atoms with E-state index in [0.717, 1.165) is 16.7 Å². The number of nitrogens with zero attached hydrogens (tertiary/aromatic N) is 2. The molecule has 0 aliphatic carbocycles. The minimum absolute atomic E-state index is 0.0467. The van der Waals surface area contributed by atoms with Crippen molar-refractivity contribution in [1.82, 2.24) is 0 Å². The maximum atomic E-state index is 10.7. The second-order valence-electron chi connectivity index (χ2n) is 5.05. The standard InChI is InChI=1S/C17H16N2O3/c1-12-3-8-17(22-2)16(9-12)14(11-18)10-13-4-6-15(7-5-13)19(20)21/h3-9,14H,10H2,1-2H3. The van der Waals surface area contributed by atoms with E-state index in [-0.39, 0.29) is 11.6 Å². The van der Waals surface area contributed by atoms with E-state index >= 15 is 0 Å². The Morgan fingerprint density at radius 2 is 1.95 bits per heavy atom. The lowest BCUT2D eigenvalue weighted by atomic mass is 9.91. The number of nitro groups is 1. The van der Waals surface area contributed by atoms with Gasteiger partial charge >= 0.3 is 0 Å². The van der Waals surface area contributed by atoms with Crippen molar-refractivity contribution in [1.29, 1.82) is 5.26 Å². The average molecular weight is 296 g/mol. The Morgan fingerprint density at radius 3 is 2.50 bits per heavy atom. The highest BCUT2D eigenvalue weighted by Crippen LogP contribution is 2.30. The first-order valence-electron chi connectivity index (χ1n) is 6.82. The molecule has 0 aliphatic rings. The Hall–Kier alpha value is -2.87. The van der Waals surface area contributed by atoms with E-state index in [1.165, 1.54) is 12.1 Å². The molecule has 5 nitrogen and oxygen atoms in total. The largest absolute Gasteiger partial charge is 0.496 e. The third kappa shape index (κ3) is 3.41. The van der Waals surface area contributed by atoms with Crippen molar-refractivity contribution in [2.24, 2.45) is 0 Å². The Bertz CT molecular complexity index is 718. The van der Waals surface area contributed by atoms with Gasteiger partial charge in [0.15, 0.2) is 0 Å². The number of hydrogen-bond donors (Lipinski definition) is 0. The third-order valence-electron chi connectivity index (χ3n) is 3.50. The highest BCUT2D eigenvalue weighted by atomic mass is 16.6. The summed E-state index contributed by atoms with van der Waals surface area (Å²) >= 11 is 0. The molecule has 0 spiro atoms. The summed E-state index contributed by atoms with van der Waals surface area (Å²) in [5.74, 6) is 0.315. The number of hydrogen-bond acceptors (Lipinski definition) is 4. The Balaban J connectivity index is 2.28. The molecule has 0 radical (unpaired) electrons. The summed E-state index contributed by atoms with van der Waals surface area (Å²) in [5.41, 5.74) is 2.81. The van der Waals surface area contributed by atoms with Crippen molar-refractivity contribution in [3.8, 4) is 11.8 Å². The van der Waals surface area contributed by atoms with Gasteiger partial charge in [-0.2, -0.15) is 5.26 Å². The lowest BCUT2D eigenvalue weighted by Crippen LogP contribution is -2.03. The number of non-ortho nitro benzene ring substituents is 1. The van der Waals surface area contributed by atoms with Crippen LogP contribution in [0.5, 0.6) is 5.75 Å². The smallest absolute Gasteiger partial charge is 0.269 e. The maximum Gasteiger partial charge on any atom is 0.269 e. The number of rotatable bonds is 5. The zero-order valence-electron chi connectivity index (χ0n) is 12.4. The first-order valence-corrected chi connectivity index (χ1v) is 6.82. The Morgan fingerprint density at radius 1 is 1.27 bits per heavy atom. The van der Waals surface area contributed by atoms with E-state index in [4.69, 9.17) is 4.74 Å². The molecular weight excluding hydrogens is 280 g/mol. The van der Waals surface area contributed by atoms with Gasteiger partial charge in [-0.3, -0.25) is 10.1 Å². The zero-order chi connectivity index (χ0) is 16.1. The van der Waals surface area contributed by atoms with Gasteiger partial charge in [-0.05, 0) is 25.0 Å². The van der Waals surface area contributed by atoms with E-state index in [0.29, 0.717) is 12.2 Å². The van der Waals surface area contributed by atoms with Gasteiger partial charge in [0.05, 0.1) is 24.0 Å². The molecule has 2 rings (SSSR count). The second kappa shape index (κ2) is 6.72. The van der Waals surface area contributed by atoms with Gasteiger partial charge in [0.1, 0.15) is 5.75 Å². The predicted molar refractivity (Wildman–Crippen MR) is 82.9 cm³/mol. The molecule has 0 heterocycles. The molecule has 0 saturated heterocycles. The van der Waals surface area contributed by atoms with Crippen LogP contribution in [0.25, 0.3) is 0 Å². The molecule has 1 atom stereocenters. The van der Waals surface area contributed by atoms with E-state index in [9.17, 15) is 15.4 Å². The van der Waals surface area contributed by atoms with Crippen LogP contribution in [0.15, 0.2) is 42.5 Å². The summed E-state index contributed by atoms with van der Waals surface area (Å²) in [6, 6.07) is 14.3. The van der Waals surface area contributed by atoms with Crippen LogP contribution in [-0.2, 0) is 6.42 Å². The molecule has 0 aromatic heterocycles. The summed E-state index contributed by atoms with van der Waals surface area (Å²) in [6.07, 6.45) is 0.480. The fourth-order valence-corrected chi connectivity index (χ4v) is 2.34. The van der Waals surface area contributed by atoms with E-state index in [1.807, 2.05) is 25.1 Å². The Labute approximate surface area is 128 Å². The van der Waals surface area contributed by atoms with Gasteiger partial charge < -0.3 is 4.74 Å². The van der Waals surface area contributed by atoms with Crippen LogP contribution in [0.4, 0.5) is 5.69 Å².